The minimum absolute atomic E-state index is 0.259. The molecule has 0 unspecified atom stereocenters. The van der Waals surface area contributed by atoms with Crippen molar-refractivity contribution in [1.82, 2.24) is 9.97 Å². The molecular weight excluding hydrogens is 314 g/mol. The Morgan fingerprint density at radius 2 is 2.11 bits per heavy atom. The Bertz CT molecular complexity index is 642. The van der Waals surface area contributed by atoms with E-state index in [1.54, 1.807) is 32.4 Å². The molecule has 2 rings (SSSR count). The van der Waals surface area contributed by atoms with Gasteiger partial charge >= 0.3 is 0 Å². The van der Waals surface area contributed by atoms with Gasteiger partial charge in [0.2, 0.25) is 0 Å². The third-order valence-electron chi connectivity index (χ3n) is 2.46. The van der Waals surface area contributed by atoms with Gasteiger partial charge in [0.05, 0.1) is 26.2 Å². The smallest absolute Gasteiger partial charge is 0.267 e. The molecule has 19 heavy (non-hydrogen) atoms. The van der Waals surface area contributed by atoms with E-state index in [-0.39, 0.29) is 5.56 Å². The third-order valence-corrected chi connectivity index (χ3v) is 3.19. The van der Waals surface area contributed by atoms with E-state index in [0.29, 0.717) is 27.5 Å². The largest absolute Gasteiger partial charge is 0.497 e. The molecule has 6 nitrogen and oxygen atoms in total. The van der Waals surface area contributed by atoms with Crippen molar-refractivity contribution in [3.05, 3.63) is 39.4 Å². The molecule has 2 aromatic rings. The number of ether oxygens (including phenoxy) is 2. The number of hydrogen-bond acceptors (Lipinski definition) is 5. The summed E-state index contributed by atoms with van der Waals surface area (Å²) in [5.74, 6) is 1.68. The van der Waals surface area contributed by atoms with Crippen molar-refractivity contribution in [2.75, 3.05) is 19.5 Å². The van der Waals surface area contributed by atoms with Crippen molar-refractivity contribution < 1.29 is 9.47 Å². The summed E-state index contributed by atoms with van der Waals surface area (Å²) in [6, 6.07) is 5.31. The Kier molecular flexibility index (Phi) is 4.06. The van der Waals surface area contributed by atoms with Gasteiger partial charge in [0.25, 0.3) is 5.56 Å². The molecule has 0 aliphatic rings. The van der Waals surface area contributed by atoms with E-state index in [2.05, 4.69) is 31.2 Å². The predicted molar refractivity (Wildman–Crippen MR) is 75.4 cm³/mol. The van der Waals surface area contributed by atoms with Crippen LogP contribution in [0, 0.1) is 0 Å². The molecule has 0 aliphatic heterocycles. The summed E-state index contributed by atoms with van der Waals surface area (Å²) in [4.78, 5) is 18.0. The first kappa shape index (κ1) is 13.4. The Morgan fingerprint density at radius 3 is 2.79 bits per heavy atom. The molecule has 7 heteroatoms. The maximum absolute atomic E-state index is 11.5. The van der Waals surface area contributed by atoms with Crippen molar-refractivity contribution in [2.45, 2.75) is 0 Å². The number of hydrogen-bond donors (Lipinski definition) is 2. The highest BCUT2D eigenvalue weighted by Gasteiger charge is 2.09. The number of halogens is 1. The lowest BCUT2D eigenvalue weighted by molar-refractivity contribution is 0.395. The van der Waals surface area contributed by atoms with Gasteiger partial charge in [0.15, 0.2) is 5.82 Å². The van der Waals surface area contributed by atoms with Crippen LogP contribution in [0.2, 0.25) is 0 Å². The zero-order chi connectivity index (χ0) is 13.8. The first-order chi connectivity index (χ1) is 9.15. The average Bonchev–Trinajstić information content (AvgIpc) is 2.44. The molecule has 1 aromatic heterocycles. The number of benzene rings is 1. The molecule has 0 atom stereocenters. The molecule has 0 saturated heterocycles. The highest BCUT2D eigenvalue weighted by molar-refractivity contribution is 9.10. The van der Waals surface area contributed by atoms with Gasteiger partial charge in [-0.05, 0) is 28.1 Å². The average molecular weight is 326 g/mol. The summed E-state index contributed by atoms with van der Waals surface area (Å²) in [6.07, 6.45) is 1.32. The molecule has 0 spiro atoms. The molecule has 100 valence electrons. The minimum Gasteiger partial charge on any atom is -0.497 e. The normalized spacial score (nSPS) is 10.1. The number of nitrogens with zero attached hydrogens (tertiary/aromatic N) is 1. The first-order valence-corrected chi connectivity index (χ1v) is 6.17. The maximum atomic E-state index is 11.5. The second-order valence-corrected chi connectivity index (χ2v) is 4.38. The predicted octanol–water partition coefficient (Wildman–Crippen LogP) is 2.29. The minimum atomic E-state index is -0.259. The van der Waals surface area contributed by atoms with Gasteiger partial charge in [-0.1, -0.05) is 0 Å². The Morgan fingerprint density at radius 1 is 1.32 bits per heavy atom. The molecule has 0 radical (unpaired) electrons. The third kappa shape index (κ3) is 2.87. The molecular formula is C12H12BrN3O3. The van der Waals surface area contributed by atoms with Crippen LogP contribution in [0.15, 0.2) is 33.8 Å². The van der Waals surface area contributed by atoms with Gasteiger partial charge < -0.3 is 19.8 Å². The van der Waals surface area contributed by atoms with Crippen molar-refractivity contribution >= 4 is 27.4 Å². The fraction of sp³-hybridized carbons (Fsp3) is 0.167. The van der Waals surface area contributed by atoms with E-state index < -0.39 is 0 Å². The molecule has 0 saturated carbocycles. The Hall–Kier alpha value is -2.02. The topological polar surface area (TPSA) is 76.2 Å². The van der Waals surface area contributed by atoms with Crippen molar-refractivity contribution in [2.24, 2.45) is 0 Å². The van der Waals surface area contributed by atoms with Gasteiger partial charge in [-0.3, -0.25) is 4.79 Å². The Labute approximate surface area is 117 Å². The van der Waals surface area contributed by atoms with Crippen molar-refractivity contribution in [3.63, 3.8) is 0 Å². The van der Waals surface area contributed by atoms with Crippen LogP contribution in [0.4, 0.5) is 11.5 Å². The number of methoxy groups -OCH3 is 2. The second kappa shape index (κ2) is 5.75. The fourth-order valence-electron chi connectivity index (χ4n) is 1.50. The van der Waals surface area contributed by atoms with Crippen LogP contribution in [0.5, 0.6) is 11.5 Å². The van der Waals surface area contributed by atoms with Crippen LogP contribution >= 0.6 is 15.9 Å². The zero-order valence-electron chi connectivity index (χ0n) is 10.4. The van der Waals surface area contributed by atoms with Crippen LogP contribution < -0.4 is 20.3 Å². The quantitative estimate of drug-likeness (QED) is 0.902. The summed E-state index contributed by atoms with van der Waals surface area (Å²) < 4.78 is 10.7. The van der Waals surface area contributed by atoms with Gasteiger partial charge in [-0.25, -0.2) is 4.98 Å². The number of aromatic nitrogens is 2. The van der Waals surface area contributed by atoms with Gasteiger partial charge in [0.1, 0.15) is 16.0 Å². The summed E-state index contributed by atoms with van der Waals surface area (Å²) in [7, 11) is 3.14. The maximum Gasteiger partial charge on any atom is 0.267 e. The molecule has 1 heterocycles. The molecule has 1 aromatic carbocycles. The van der Waals surface area contributed by atoms with Gasteiger partial charge in [-0.2, -0.15) is 0 Å². The molecule has 0 aliphatic carbocycles. The second-order valence-electron chi connectivity index (χ2n) is 3.59. The van der Waals surface area contributed by atoms with E-state index >= 15 is 0 Å². The van der Waals surface area contributed by atoms with Gasteiger partial charge in [-0.15, -0.1) is 0 Å². The number of rotatable bonds is 4. The van der Waals surface area contributed by atoms with Crippen LogP contribution in [-0.2, 0) is 0 Å². The Balaban J connectivity index is 2.38. The van der Waals surface area contributed by atoms with E-state index in [0.717, 1.165) is 0 Å². The van der Waals surface area contributed by atoms with Crippen LogP contribution in [0.25, 0.3) is 0 Å². The van der Waals surface area contributed by atoms with E-state index in [9.17, 15) is 4.79 Å². The van der Waals surface area contributed by atoms with E-state index in [1.807, 2.05) is 0 Å². The number of nitrogens with one attached hydrogen (secondary N) is 2. The molecule has 0 fully saturated rings. The van der Waals surface area contributed by atoms with E-state index in [4.69, 9.17) is 9.47 Å². The monoisotopic (exact) mass is 325 g/mol. The number of aromatic amines is 1. The van der Waals surface area contributed by atoms with E-state index in [1.165, 1.54) is 6.33 Å². The molecule has 0 amide bonds. The summed E-state index contributed by atoms with van der Waals surface area (Å²) in [6.45, 7) is 0. The first-order valence-electron chi connectivity index (χ1n) is 5.38. The van der Waals surface area contributed by atoms with Gasteiger partial charge in [0, 0.05) is 6.07 Å². The highest BCUT2D eigenvalue weighted by Crippen LogP contribution is 2.31. The van der Waals surface area contributed by atoms with Crippen LogP contribution in [0.3, 0.4) is 0 Å². The van der Waals surface area contributed by atoms with Crippen molar-refractivity contribution in [1.29, 1.82) is 0 Å². The summed E-state index contributed by atoms with van der Waals surface area (Å²) >= 11 is 3.18. The standard InChI is InChI=1S/C12H12BrN3O3/c1-18-7-3-4-8(9(5-7)19-2)16-11-10(13)12(17)15-6-14-11/h3-6H,1-2H3,(H2,14,15,16,17). The number of anilines is 2. The summed E-state index contributed by atoms with van der Waals surface area (Å²) in [5, 5.41) is 3.03. The summed E-state index contributed by atoms with van der Waals surface area (Å²) in [5.41, 5.74) is 0.423. The highest BCUT2D eigenvalue weighted by atomic mass is 79.9. The van der Waals surface area contributed by atoms with Crippen molar-refractivity contribution in [3.8, 4) is 11.5 Å². The SMILES string of the molecule is COc1ccc(Nc2nc[nH]c(=O)c2Br)c(OC)c1. The van der Waals surface area contributed by atoms with Crippen LogP contribution in [0.1, 0.15) is 0 Å². The fourth-order valence-corrected chi connectivity index (χ4v) is 1.82. The zero-order valence-corrected chi connectivity index (χ0v) is 11.9. The molecule has 0 bridgehead atoms. The lowest BCUT2D eigenvalue weighted by Crippen LogP contribution is -2.10. The van der Waals surface area contributed by atoms with Crippen LogP contribution in [-0.4, -0.2) is 24.2 Å². The lowest BCUT2D eigenvalue weighted by Gasteiger charge is -2.12. The number of H-pyrrole nitrogens is 1. The molecule has 2 N–H and O–H groups in total. The lowest BCUT2D eigenvalue weighted by atomic mass is 10.2.